The number of furan rings is 1. The molecule has 0 aliphatic heterocycles. The molecule has 0 N–H and O–H groups in total. The molecule has 1 atom stereocenters. The van der Waals surface area contributed by atoms with Gasteiger partial charge in [-0.15, -0.1) is 11.3 Å². The molecule has 53 heavy (non-hydrogen) atoms. The third-order valence-electron chi connectivity index (χ3n) is 11.1. The largest absolute Gasteiger partial charge is 0.456 e. The summed E-state index contributed by atoms with van der Waals surface area (Å²) in [5, 5.41) is 9.81. The van der Waals surface area contributed by atoms with Gasteiger partial charge in [-0.1, -0.05) is 109 Å². The van der Waals surface area contributed by atoms with Crippen molar-refractivity contribution in [3.8, 4) is 33.9 Å². The van der Waals surface area contributed by atoms with E-state index in [1.165, 1.54) is 63.6 Å². The van der Waals surface area contributed by atoms with Crippen molar-refractivity contribution >= 4 is 82.3 Å². The summed E-state index contributed by atoms with van der Waals surface area (Å²) < 4.78 is 8.97. The fourth-order valence-electron chi connectivity index (χ4n) is 8.65. The molecule has 246 valence electrons. The minimum absolute atomic E-state index is 0.114. The number of nitrogens with zero attached hydrogens (tertiary/aromatic N) is 2. The van der Waals surface area contributed by atoms with Crippen molar-refractivity contribution < 1.29 is 4.42 Å². The van der Waals surface area contributed by atoms with Crippen LogP contribution in [-0.4, -0.2) is 9.97 Å². The van der Waals surface area contributed by atoms with Crippen molar-refractivity contribution in [2.45, 2.75) is 5.92 Å². The highest BCUT2D eigenvalue weighted by molar-refractivity contribution is 7.25. The van der Waals surface area contributed by atoms with Crippen molar-refractivity contribution in [2.75, 3.05) is 0 Å². The molecule has 3 nitrogen and oxygen atoms in total. The first kappa shape index (κ1) is 29.0. The number of aromatic nitrogens is 2. The van der Waals surface area contributed by atoms with Gasteiger partial charge in [0.15, 0.2) is 5.82 Å². The highest BCUT2D eigenvalue weighted by atomic mass is 32.1. The van der Waals surface area contributed by atoms with Crippen LogP contribution in [-0.2, 0) is 0 Å². The van der Waals surface area contributed by atoms with E-state index in [0.29, 0.717) is 5.82 Å². The number of rotatable bonds is 3. The molecule has 2 aliphatic carbocycles. The van der Waals surface area contributed by atoms with Crippen molar-refractivity contribution in [1.29, 1.82) is 0 Å². The lowest BCUT2D eigenvalue weighted by Crippen LogP contribution is -2.25. The van der Waals surface area contributed by atoms with Crippen LogP contribution in [0.4, 0.5) is 0 Å². The van der Waals surface area contributed by atoms with Crippen LogP contribution < -0.4 is 10.6 Å². The molecule has 3 aromatic heterocycles. The molecule has 1 unspecified atom stereocenters. The Morgan fingerprint density at radius 3 is 2.08 bits per heavy atom. The van der Waals surface area contributed by atoms with Gasteiger partial charge in [0, 0.05) is 53.4 Å². The van der Waals surface area contributed by atoms with Crippen molar-refractivity contribution in [1.82, 2.24) is 9.97 Å². The van der Waals surface area contributed by atoms with E-state index >= 15 is 0 Å². The average Bonchev–Trinajstić information content (AvgIpc) is 3.91. The normalized spacial score (nSPS) is 14.6. The van der Waals surface area contributed by atoms with E-state index < -0.39 is 0 Å². The van der Waals surface area contributed by atoms with Crippen LogP contribution in [0.2, 0.25) is 0 Å². The minimum atomic E-state index is 0.114. The summed E-state index contributed by atoms with van der Waals surface area (Å²) in [4.78, 5) is 10.5. The lowest BCUT2D eigenvalue weighted by molar-refractivity contribution is 0.572. The van der Waals surface area contributed by atoms with Crippen LogP contribution in [0.3, 0.4) is 0 Å². The van der Waals surface area contributed by atoms with Gasteiger partial charge in [-0.25, -0.2) is 9.97 Å². The minimum Gasteiger partial charge on any atom is -0.456 e. The van der Waals surface area contributed by atoms with Crippen LogP contribution >= 0.6 is 11.3 Å². The number of hydrogen-bond acceptors (Lipinski definition) is 4. The number of hydrogen-bond donors (Lipinski definition) is 0. The standard InChI is InChI=1S/C49H28N2OS/c1-2-10-28(11-3-1)42-27-43(29-19-21-47-40(22-29)35-15-7-9-17-46(35)53-47)51-49(50-42)30-18-20-36-38(23-30)32-12-4-5-13-33(32)41-25-31-24-39-34-14-6-8-16-44(34)52-45(39)26-37(31)48(36)41/h1-27,37H. The molecule has 0 saturated carbocycles. The zero-order valence-corrected chi connectivity index (χ0v) is 29.2. The number of allylic oxidation sites excluding steroid dienone is 1. The Bertz CT molecular complexity index is 3350. The lowest BCUT2D eigenvalue weighted by Gasteiger charge is -2.18. The van der Waals surface area contributed by atoms with E-state index in [2.05, 4.69) is 152 Å². The maximum atomic E-state index is 6.40. The van der Waals surface area contributed by atoms with Gasteiger partial charge >= 0.3 is 0 Å². The molecule has 3 heterocycles. The van der Waals surface area contributed by atoms with Crippen LogP contribution in [0.25, 0.3) is 105 Å². The van der Waals surface area contributed by atoms with Gasteiger partial charge in [0.25, 0.3) is 0 Å². The number of fused-ring (bicyclic) bond motifs is 14. The van der Waals surface area contributed by atoms with E-state index in [0.717, 1.165) is 44.5 Å². The maximum absolute atomic E-state index is 6.40. The van der Waals surface area contributed by atoms with Gasteiger partial charge in [-0.3, -0.25) is 0 Å². The molecule has 0 spiro atoms. The highest BCUT2D eigenvalue weighted by Crippen LogP contribution is 2.48. The smallest absolute Gasteiger partial charge is 0.160 e. The van der Waals surface area contributed by atoms with Gasteiger partial charge in [0.1, 0.15) is 11.0 Å². The maximum Gasteiger partial charge on any atom is 0.160 e. The number of thiophene rings is 1. The summed E-state index contributed by atoms with van der Waals surface area (Å²) >= 11 is 1.83. The van der Waals surface area contributed by atoms with E-state index in [-0.39, 0.29) is 5.92 Å². The van der Waals surface area contributed by atoms with Crippen LogP contribution in [0.15, 0.2) is 156 Å². The quantitative estimate of drug-likeness (QED) is 0.173. The van der Waals surface area contributed by atoms with E-state index in [9.17, 15) is 0 Å². The first-order valence-electron chi connectivity index (χ1n) is 18.0. The fourth-order valence-corrected chi connectivity index (χ4v) is 9.74. The molecule has 7 aromatic carbocycles. The second kappa shape index (κ2) is 10.9. The Morgan fingerprint density at radius 2 is 1.19 bits per heavy atom. The number of para-hydroxylation sites is 1. The Kier molecular flexibility index (Phi) is 5.99. The Labute approximate surface area is 308 Å². The van der Waals surface area contributed by atoms with Crippen molar-refractivity contribution in [3.05, 3.63) is 173 Å². The molecule has 4 heteroatoms. The summed E-state index contributed by atoms with van der Waals surface area (Å²) in [6, 6.07) is 51.9. The van der Waals surface area contributed by atoms with Gasteiger partial charge in [0.05, 0.1) is 11.4 Å². The molecule has 10 aromatic rings. The molecule has 0 radical (unpaired) electrons. The SMILES string of the molecule is C1=C2C=c3c(oc4ccccc34)=CC2c2c1c1ccccc1c1cc(-c3nc(-c4ccccc4)cc(-c4ccc5sc6ccccc6c5c4)n3)ccc21. The Morgan fingerprint density at radius 1 is 0.491 bits per heavy atom. The molecule has 0 amide bonds. The Balaban J connectivity index is 1.07. The first-order valence-corrected chi connectivity index (χ1v) is 18.8. The molecular formula is C49H28N2OS. The third-order valence-corrected chi connectivity index (χ3v) is 12.3. The summed E-state index contributed by atoms with van der Waals surface area (Å²) in [5.41, 5.74) is 10.8. The first-order chi connectivity index (χ1) is 26.2. The van der Waals surface area contributed by atoms with E-state index in [1.807, 2.05) is 23.5 Å². The van der Waals surface area contributed by atoms with Gasteiger partial charge < -0.3 is 4.42 Å². The van der Waals surface area contributed by atoms with Gasteiger partial charge in [-0.05, 0) is 92.9 Å². The zero-order valence-electron chi connectivity index (χ0n) is 28.4. The summed E-state index contributed by atoms with van der Waals surface area (Å²) in [6.45, 7) is 0. The second-order valence-electron chi connectivity index (χ2n) is 14.1. The highest BCUT2D eigenvalue weighted by Gasteiger charge is 2.29. The fraction of sp³-hybridized carbons (Fsp3) is 0.0204. The molecule has 2 aliphatic rings. The van der Waals surface area contributed by atoms with Crippen LogP contribution in [0, 0.1) is 0 Å². The molecule has 0 saturated heterocycles. The van der Waals surface area contributed by atoms with Crippen molar-refractivity contribution in [2.24, 2.45) is 0 Å². The number of benzene rings is 7. The average molecular weight is 693 g/mol. The van der Waals surface area contributed by atoms with Gasteiger partial charge in [0.2, 0.25) is 0 Å². The summed E-state index contributed by atoms with van der Waals surface area (Å²) in [5.74, 6) is 0.829. The molecule has 0 fully saturated rings. The predicted octanol–water partition coefficient (Wildman–Crippen LogP) is 11.7. The second-order valence-corrected chi connectivity index (χ2v) is 15.2. The third kappa shape index (κ3) is 4.33. The molecule has 12 rings (SSSR count). The molecule has 0 bridgehead atoms. The monoisotopic (exact) mass is 692 g/mol. The zero-order chi connectivity index (χ0) is 34.6. The van der Waals surface area contributed by atoms with Crippen molar-refractivity contribution in [3.63, 3.8) is 0 Å². The van der Waals surface area contributed by atoms with E-state index in [1.54, 1.807) is 0 Å². The summed E-state index contributed by atoms with van der Waals surface area (Å²) in [6.07, 6.45) is 7.05. The van der Waals surface area contributed by atoms with E-state index in [4.69, 9.17) is 14.4 Å². The van der Waals surface area contributed by atoms with Crippen LogP contribution in [0.5, 0.6) is 0 Å². The lowest BCUT2D eigenvalue weighted by atomic mass is 9.85. The van der Waals surface area contributed by atoms with Crippen LogP contribution in [0.1, 0.15) is 17.0 Å². The topological polar surface area (TPSA) is 38.9 Å². The predicted molar refractivity (Wildman–Crippen MR) is 221 cm³/mol. The molecular weight excluding hydrogens is 665 g/mol. The summed E-state index contributed by atoms with van der Waals surface area (Å²) in [7, 11) is 0. The van der Waals surface area contributed by atoms with Gasteiger partial charge in [-0.2, -0.15) is 0 Å². The Hall–Kier alpha value is -6.62.